The van der Waals surface area contributed by atoms with Crippen molar-refractivity contribution >= 4 is 11.6 Å². The van der Waals surface area contributed by atoms with E-state index in [4.69, 9.17) is 11.6 Å². The van der Waals surface area contributed by atoms with E-state index in [1.807, 2.05) is 0 Å². The maximum atomic E-state index is 5.88. The lowest BCUT2D eigenvalue weighted by Gasteiger charge is -2.22. The van der Waals surface area contributed by atoms with Crippen LogP contribution in [0, 0.1) is 5.92 Å². The van der Waals surface area contributed by atoms with Crippen LogP contribution in [-0.4, -0.2) is 12.0 Å². The smallest absolute Gasteiger partial charge is 0.0888 e. The number of halogens is 1. The van der Waals surface area contributed by atoms with Crippen LogP contribution < -0.4 is 5.32 Å². The van der Waals surface area contributed by atoms with E-state index < -0.39 is 0 Å². The van der Waals surface area contributed by atoms with Gasteiger partial charge in [0.1, 0.15) is 0 Å². The van der Waals surface area contributed by atoms with Gasteiger partial charge < -0.3 is 0 Å². The van der Waals surface area contributed by atoms with Crippen LogP contribution >= 0.6 is 11.6 Å². The van der Waals surface area contributed by atoms with Gasteiger partial charge in [0, 0.05) is 12.5 Å². The van der Waals surface area contributed by atoms with Gasteiger partial charge in [0.2, 0.25) is 0 Å². The van der Waals surface area contributed by atoms with Crippen LogP contribution in [0.5, 0.6) is 0 Å². The third kappa shape index (κ3) is 1.70. The Labute approximate surface area is 61.1 Å². The van der Waals surface area contributed by atoms with Crippen molar-refractivity contribution < 1.29 is 0 Å². The lowest BCUT2D eigenvalue weighted by atomic mass is 10.0. The highest BCUT2D eigenvalue weighted by molar-refractivity contribution is 6.20. The first kappa shape index (κ1) is 7.10. The van der Waals surface area contributed by atoms with Gasteiger partial charge in [0.05, 0.1) is 5.50 Å². The summed E-state index contributed by atoms with van der Waals surface area (Å²) in [5.41, 5.74) is 1.52. The van der Waals surface area contributed by atoms with E-state index >= 15 is 0 Å². The van der Waals surface area contributed by atoms with Crippen LogP contribution in [0.4, 0.5) is 0 Å². The highest BCUT2D eigenvalue weighted by Gasteiger charge is 2.15. The zero-order valence-electron chi connectivity index (χ0n) is 5.82. The lowest BCUT2D eigenvalue weighted by molar-refractivity contribution is 0.534. The predicted molar refractivity (Wildman–Crippen MR) is 40.6 cm³/mol. The van der Waals surface area contributed by atoms with Crippen molar-refractivity contribution in [3.8, 4) is 0 Å². The maximum Gasteiger partial charge on any atom is 0.0888 e. The van der Waals surface area contributed by atoms with E-state index in [0.29, 0.717) is 5.92 Å². The Morgan fingerprint density at radius 1 is 1.78 bits per heavy atom. The standard InChI is InChI=1S/C7H12ClN/c1-5-3-6(2)7(8)9-4-5/h3,6-7,9H,4H2,1-2H3. The Bertz CT molecular complexity index is 131. The maximum absolute atomic E-state index is 5.88. The van der Waals surface area contributed by atoms with Gasteiger partial charge in [-0.3, -0.25) is 5.32 Å². The molecular formula is C7H12ClN. The molecule has 2 heteroatoms. The molecule has 0 aromatic carbocycles. The van der Waals surface area contributed by atoms with E-state index in [2.05, 4.69) is 25.2 Å². The Hall–Kier alpha value is -0.0100. The summed E-state index contributed by atoms with van der Waals surface area (Å²) in [6.45, 7) is 5.18. The third-order valence-electron chi connectivity index (χ3n) is 1.58. The Balaban J connectivity index is 2.58. The van der Waals surface area contributed by atoms with Crippen LogP contribution in [-0.2, 0) is 0 Å². The first-order valence-corrected chi connectivity index (χ1v) is 3.68. The topological polar surface area (TPSA) is 12.0 Å². The molecule has 1 heterocycles. The molecule has 0 radical (unpaired) electrons. The van der Waals surface area contributed by atoms with Crippen molar-refractivity contribution in [1.29, 1.82) is 0 Å². The van der Waals surface area contributed by atoms with Crippen LogP contribution in [0.15, 0.2) is 11.6 Å². The van der Waals surface area contributed by atoms with Gasteiger partial charge in [0.15, 0.2) is 0 Å². The molecule has 1 N–H and O–H groups in total. The molecular weight excluding hydrogens is 134 g/mol. The Morgan fingerprint density at radius 3 is 2.89 bits per heavy atom. The normalized spacial score (nSPS) is 36.1. The minimum absolute atomic E-state index is 0.133. The molecule has 1 aliphatic heterocycles. The van der Waals surface area contributed by atoms with E-state index in [9.17, 15) is 0 Å². The second kappa shape index (κ2) is 2.72. The molecule has 1 rings (SSSR count). The predicted octanol–water partition coefficient (Wildman–Crippen LogP) is 1.74. The molecule has 2 unspecified atom stereocenters. The summed E-state index contributed by atoms with van der Waals surface area (Å²) in [6, 6.07) is 0. The first-order valence-electron chi connectivity index (χ1n) is 3.25. The molecule has 52 valence electrons. The van der Waals surface area contributed by atoms with Crippen molar-refractivity contribution in [2.24, 2.45) is 5.92 Å². The summed E-state index contributed by atoms with van der Waals surface area (Å²) < 4.78 is 0. The monoisotopic (exact) mass is 145 g/mol. The summed E-state index contributed by atoms with van der Waals surface area (Å²) in [5.74, 6) is 0.473. The molecule has 0 saturated heterocycles. The summed E-state index contributed by atoms with van der Waals surface area (Å²) >= 11 is 5.88. The molecule has 9 heavy (non-hydrogen) atoms. The SMILES string of the molecule is CC1=CC(C)C(Cl)NC1. The fourth-order valence-corrected chi connectivity index (χ4v) is 1.19. The quantitative estimate of drug-likeness (QED) is 0.311. The fraction of sp³-hybridized carbons (Fsp3) is 0.714. The summed E-state index contributed by atoms with van der Waals surface area (Å²) in [7, 11) is 0. The van der Waals surface area contributed by atoms with Crippen molar-refractivity contribution in [1.82, 2.24) is 5.32 Å². The first-order chi connectivity index (χ1) is 4.20. The highest BCUT2D eigenvalue weighted by Crippen LogP contribution is 2.15. The number of rotatable bonds is 0. The van der Waals surface area contributed by atoms with Crippen LogP contribution in [0.2, 0.25) is 0 Å². The Morgan fingerprint density at radius 2 is 2.44 bits per heavy atom. The van der Waals surface area contributed by atoms with Crippen molar-refractivity contribution in [2.75, 3.05) is 6.54 Å². The second-order valence-electron chi connectivity index (χ2n) is 2.65. The average Bonchev–Trinajstić information content (AvgIpc) is 1.80. The van der Waals surface area contributed by atoms with Crippen molar-refractivity contribution in [2.45, 2.75) is 19.3 Å². The average molecular weight is 146 g/mol. The Kier molecular flexibility index (Phi) is 2.14. The summed E-state index contributed by atoms with van der Waals surface area (Å²) in [5, 5.41) is 3.18. The molecule has 0 fully saturated rings. The summed E-state index contributed by atoms with van der Waals surface area (Å²) in [4.78, 5) is 0. The minimum atomic E-state index is 0.133. The van der Waals surface area contributed by atoms with Crippen LogP contribution in [0.3, 0.4) is 0 Å². The zero-order valence-corrected chi connectivity index (χ0v) is 6.57. The minimum Gasteiger partial charge on any atom is -0.297 e. The van der Waals surface area contributed by atoms with Gasteiger partial charge in [0.25, 0.3) is 0 Å². The van der Waals surface area contributed by atoms with Crippen molar-refractivity contribution in [3.05, 3.63) is 11.6 Å². The third-order valence-corrected chi connectivity index (χ3v) is 2.14. The largest absolute Gasteiger partial charge is 0.297 e. The van der Waals surface area contributed by atoms with Crippen molar-refractivity contribution in [3.63, 3.8) is 0 Å². The fourth-order valence-electron chi connectivity index (χ4n) is 1.04. The van der Waals surface area contributed by atoms with Gasteiger partial charge >= 0.3 is 0 Å². The number of hydrogen-bond acceptors (Lipinski definition) is 1. The molecule has 1 aliphatic rings. The highest BCUT2D eigenvalue weighted by atomic mass is 35.5. The number of alkyl halides is 1. The molecule has 0 saturated carbocycles. The molecule has 0 amide bonds. The number of hydrogen-bond donors (Lipinski definition) is 1. The van der Waals surface area contributed by atoms with E-state index in [0.717, 1.165) is 6.54 Å². The van der Waals surface area contributed by atoms with Crippen LogP contribution in [0.25, 0.3) is 0 Å². The summed E-state index contributed by atoms with van der Waals surface area (Å²) in [6.07, 6.45) is 2.22. The molecule has 0 aromatic rings. The van der Waals surface area contributed by atoms with Crippen LogP contribution in [0.1, 0.15) is 13.8 Å². The zero-order chi connectivity index (χ0) is 6.85. The van der Waals surface area contributed by atoms with Gasteiger partial charge in [-0.1, -0.05) is 18.6 Å². The van der Waals surface area contributed by atoms with Gasteiger partial charge in [-0.25, -0.2) is 0 Å². The molecule has 2 atom stereocenters. The van der Waals surface area contributed by atoms with E-state index in [1.54, 1.807) is 0 Å². The molecule has 0 aromatic heterocycles. The van der Waals surface area contributed by atoms with Gasteiger partial charge in [-0.2, -0.15) is 0 Å². The number of nitrogens with one attached hydrogen (secondary N) is 1. The lowest BCUT2D eigenvalue weighted by Crippen LogP contribution is -2.34. The van der Waals surface area contributed by atoms with Gasteiger partial charge in [-0.15, -0.1) is 11.6 Å². The molecule has 0 aliphatic carbocycles. The second-order valence-corrected chi connectivity index (χ2v) is 3.12. The van der Waals surface area contributed by atoms with E-state index in [1.165, 1.54) is 5.57 Å². The van der Waals surface area contributed by atoms with Gasteiger partial charge in [-0.05, 0) is 6.92 Å². The molecule has 0 spiro atoms. The van der Waals surface area contributed by atoms with E-state index in [-0.39, 0.29) is 5.50 Å². The molecule has 0 bridgehead atoms. The molecule has 1 nitrogen and oxygen atoms in total.